The van der Waals surface area contributed by atoms with Crippen LogP contribution < -0.4 is 4.90 Å². The predicted octanol–water partition coefficient (Wildman–Crippen LogP) is 3.44. The number of hydrogen-bond acceptors (Lipinski definition) is 4. The van der Waals surface area contributed by atoms with Crippen LogP contribution in [0, 0.1) is 6.92 Å². The molecule has 3 aromatic heterocycles. The Morgan fingerprint density at radius 2 is 2.35 bits per heavy atom. The summed E-state index contributed by atoms with van der Waals surface area (Å²) >= 11 is 1.84. The molecule has 0 aliphatic carbocycles. The molecule has 4 rings (SSSR count). The number of hydrogen-bond donors (Lipinski definition) is 0. The van der Waals surface area contributed by atoms with Crippen molar-refractivity contribution in [1.82, 2.24) is 14.6 Å². The lowest BCUT2D eigenvalue weighted by Crippen LogP contribution is -2.23. The first-order valence-corrected chi connectivity index (χ1v) is 7.82. The normalized spacial score (nSPS) is 19.1. The predicted molar refractivity (Wildman–Crippen MR) is 81.4 cm³/mol. The van der Waals surface area contributed by atoms with Crippen LogP contribution in [-0.2, 0) is 0 Å². The summed E-state index contributed by atoms with van der Waals surface area (Å²) in [6.07, 6.45) is 6.19. The van der Waals surface area contributed by atoms with Crippen molar-refractivity contribution in [3.05, 3.63) is 46.5 Å². The Kier molecular flexibility index (Phi) is 2.73. The van der Waals surface area contributed by atoms with Crippen molar-refractivity contribution in [2.75, 3.05) is 11.4 Å². The highest BCUT2D eigenvalue weighted by Gasteiger charge is 2.29. The van der Waals surface area contributed by atoms with E-state index in [0.29, 0.717) is 6.04 Å². The molecule has 4 nitrogen and oxygen atoms in total. The van der Waals surface area contributed by atoms with Crippen LogP contribution >= 0.6 is 11.3 Å². The Balaban J connectivity index is 1.82. The lowest BCUT2D eigenvalue weighted by molar-refractivity contribution is 0.724. The molecule has 20 heavy (non-hydrogen) atoms. The monoisotopic (exact) mass is 284 g/mol. The SMILES string of the molecule is Cc1cc2c(N3CCCC3c3cccs3)nccn2n1. The van der Waals surface area contributed by atoms with Crippen LogP contribution in [0.15, 0.2) is 36.0 Å². The Morgan fingerprint density at radius 3 is 3.20 bits per heavy atom. The Labute approximate surface area is 121 Å². The lowest BCUT2D eigenvalue weighted by Gasteiger charge is -2.25. The Bertz CT molecular complexity index is 732. The summed E-state index contributed by atoms with van der Waals surface area (Å²) in [7, 11) is 0. The van der Waals surface area contributed by atoms with Crippen molar-refractivity contribution in [2.45, 2.75) is 25.8 Å². The number of rotatable bonds is 2. The van der Waals surface area contributed by atoms with Gasteiger partial charge in [-0.2, -0.15) is 5.10 Å². The van der Waals surface area contributed by atoms with E-state index in [2.05, 4.69) is 38.6 Å². The van der Waals surface area contributed by atoms with E-state index in [1.54, 1.807) is 0 Å². The topological polar surface area (TPSA) is 33.4 Å². The molecular weight excluding hydrogens is 268 g/mol. The third kappa shape index (κ3) is 1.81. The average molecular weight is 284 g/mol. The van der Waals surface area contributed by atoms with Gasteiger partial charge in [0.15, 0.2) is 5.82 Å². The van der Waals surface area contributed by atoms with E-state index in [1.807, 2.05) is 35.2 Å². The molecule has 0 aromatic carbocycles. The van der Waals surface area contributed by atoms with E-state index in [0.717, 1.165) is 23.6 Å². The van der Waals surface area contributed by atoms with Crippen molar-refractivity contribution in [3.63, 3.8) is 0 Å². The highest BCUT2D eigenvalue weighted by Crippen LogP contribution is 2.38. The molecule has 1 saturated heterocycles. The number of nitrogens with zero attached hydrogens (tertiary/aromatic N) is 4. The summed E-state index contributed by atoms with van der Waals surface area (Å²) in [5.74, 6) is 1.06. The fraction of sp³-hybridized carbons (Fsp3) is 0.333. The maximum atomic E-state index is 4.63. The summed E-state index contributed by atoms with van der Waals surface area (Å²) in [4.78, 5) is 8.50. The van der Waals surface area contributed by atoms with Crippen LogP contribution in [-0.4, -0.2) is 21.1 Å². The second-order valence-corrected chi connectivity index (χ2v) is 6.21. The molecule has 0 N–H and O–H groups in total. The van der Waals surface area contributed by atoms with Gasteiger partial charge in [-0.25, -0.2) is 9.50 Å². The molecule has 3 aromatic rings. The molecule has 1 aliphatic rings. The second kappa shape index (κ2) is 4.59. The minimum Gasteiger partial charge on any atom is -0.347 e. The van der Waals surface area contributed by atoms with Gasteiger partial charge in [0.2, 0.25) is 0 Å². The molecule has 4 heterocycles. The Hall–Kier alpha value is -1.88. The zero-order valence-corrected chi connectivity index (χ0v) is 12.2. The Morgan fingerprint density at radius 1 is 1.40 bits per heavy atom. The first kappa shape index (κ1) is 11.9. The number of aryl methyl sites for hydroxylation is 1. The van der Waals surface area contributed by atoms with Gasteiger partial charge in [0.1, 0.15) is 5.52 Å². The smallest absolute Gasteiger partial charge is 0.155 e. The van der Waals surface area contributed by atoms with Crippen LogP contribution in [0.2, 0.25) is 0 Å². The number of aromatic nitrogens is 3. The molecule has 5 heteroatoms. The molecule has 1 atom stereocenters. The van der Waals surface area contributed by atoms with Crippen LogP contribution in [0.1, 0.15) is 29.5 Å². The third-order valence-corrected chi connectivity index (χ3v) is 4.86. The molecule has 0 amide bonds. The van der Waals surface area contributed by atoms with Crippen LogP contribution in [0.4, 0.5) is 5.82 Å². The number of thiophene rings is 1. The van der Waals surface area contributed by atoms with Gasteiger partial charge in [-0.1, -0.05) is 6.07 Å². The summed E-state index contributed by atoms with van der Waals surface area (Å²) in [6, 6.07) is 6.94. The minimum atomic E-state index is 0.462. The number of fused-ring (bicyclic) bond motifs is 1. The number of anilines is 1. The van der Waals surface area contributed by atoms with Gasteiger partial charge in [-0.3, -0.25) is 0 Å². The molecule has 0 spiro atoms. The highest BCUT2D eigenvalue weighted by atomic mass is 32.1. The van der Waals surface area contributed by atoms with Gasteiger partial charge in [0.25, 0.3) is 0 Å². The van der Waals surface area contributed by atoms with Gasteiger partial charge in [-0.15, -0.1) is 11.3 Å². The fourth-order valence-corrected chi connectivity index (χ4v) is 3.92. The van der Waals surface area contributed by atoms with Gasteiger partial charge >= 0.3 is 0 Å². The van der Waals surface area contributed by atoms with E-state index in [1.165, 1.54) is 17.7 Å². The molecule has 1 fully saturated rings. The first-order valence-electron chi connectivity index (χ1n) is 6.94. The highest BCUT2D eigenvalue weighted by molar-refractivity contribution is 7.10. The quantitative estimate of drug-likeness (QED) is 0.723. The largest absolute Gasteiger partial charge is 0.347 e. The van der Waals surface area contributed by atoms with Crippen LogP contribution in [0.25, 0.3) is 5.52 Å². The standard InChI is InChI=1S/C15H16N4S/c1-11-10-13-15(16-6-8-19(13)17-11)18-7-2-4-12(18)14-5-3-9-20-14/h3,5-6,8-10,12H,2,4,7H2,1H3. The van der Waals surface area contributed by atoms with Gasteiger partial charge in [0, 0.05) is 23.8 Å². The average Bonchev–Trinajstić information content (AvgIpc) is 3.16. The van der Waals surface area contributed by atoms with Gasteiger partial charge in [0.05, 0.1) is 11.7 Å². The molecule has 0 bridgehead atoms. The molecule has 1 unspecified atom stereocenters. The summed E-state index contributed by atoms with van der Waals surface area (Å²) in [5, 5.41) is 6.64. The zero-order chi connectivity index (χ0) is 13.5. The lowest BCUT2D eigenvalue weighted by atomic mass is 10.2. The van der Waals surface area contributed by atoms with Crippen molar-refractivity contribution < 1.29 is 0 Å². The second-order valence-electron chi connectivity index (χ2n) is 5.23. The van der Waals surface area contributed by atoms with Crippen molar-refractivity contribution in [2.24, 2.45) is 0 Å². The fourth-order valence-electron chi connectivity index (χ4n) is 3.05. The minimum absolute atomic E-state index is 0.462. The molecule has 0 saturated carbocycles. The summed E-state index contributed by atoms with van der Waals surface area (Å²) in [6.45, 7) is 3.09. The van der Waals surface area contributed by atoms with E-state index >= 15 is 0 Å². The maximum Gasteiger partial charge on any atom is 0.155 e. The summed E-state index contributed by atoms with van der Waals surface area (Å²) < 4.78 is 1.93. The van der Waals surface area contributed by atoms with E-state index < -0.39 is 0 Å². The third-order valence-electron chi connectivity index (χ3n) is 3.89. The maximum absolute atomic E-state index is 4.63. The molecule has 0 radical (unpaired) electrons. The van der Waals surface area contributed by atoms with Crippen molar-refractivity contribution in [3.8, 4) is 0 Å². The van der Waals surface area contributed by atoms with Crippen molar-refractivity contribution in [1.29, 1.82) is 0 Å². The van der Waals surface area contributed by atoms with Gasteiger partial charge in [-0.05, 0) is 37.3 Å². The van der Waals surface area contributed by atoms with E-state index in [9.17, 15) is 0 Å². The van der Waals surface area contributed by atoms with Crippen LogP contribution in [0.5, 0.6) is 0 Å². The molecule has 102 valence electrons. The summed E-state index contributed by atoms with van der Waals surface area (Å²) in [5.41, 5.74) is 2.14. The van der Waals surface area contributed by atoms with Crippen molar-refractivity contribution >= 4 is 22.7 Å². The van der Waals surface area contributed by atoms with Crippen LogP contribution in [0.3, 0.4) is 0 Å². The zero-order valence-electron chi connectivity index (χ0n) is 11.4. The first-order chi connectivity index (χ1) is 9.83. The van der Waals surface area contributed by atoms with E-state index in [-0.39, 0.29) is 0 Å². The van der Waals surface area contributed by atoms with E-state index in [4.69, 9.17) is 0 Å². The molecular formula is C15H16N4S. The van der Waals surface area contributed by atoms with Gasteiger partial charge < -0.3 is 4.90 Å². The molecule has 1 aliphatic heterocycles.